The molecule has 7 heteroatoms. The zero-order valence-corrected chi connectivity index (χ0v) is 18.5. The summed E-state index contributed by atoms with van der Waals surface area (Å²) in [7, 11) is -2.12. The Kier molecular flexibility index (Phi) is 7.50. The van der Waals surface area contributed by atoms with E-state index in [0.29, 0.717) is 30.9 Å². The number of hydrogen-bond acceptors (Lipinski definition) is 4. The molecule has 1 unspecified atom stereocenters. The molecule has 1 heterocycles. The third-order valence-corrected chi connectivity index (χ3v) is 7.45. The number of amides is 1. The van der Waals surface area contributed by atoms with Crippen LogP contribution in [-0.2, 0) is 14.8 Å². The summed E-state index contributed by atoms with van der Waals surface area (Å²) >= 11 is 0. The van der Waals surface area contributed by atoms with Crippen LogP contribution in [0.15, 0.2) is 53.4 Å². The van der Waals surface area contributed by atoms with E-state index in [4.69, 9.17) is 4.74 Å². The van der Waals surface area contributed by atoms with E-state index in [-0.39, 0.29) is 16.7 Å². The minimum Gasteiger partial charge on any atom is -0.495 e. The number of nitrogens with one attached hydrogen (secondary N) is 1. The van der Waals surface area contributed by atoms with Crippen LogP contribution >= 0.6 is 0 Å². The van der Waals surface area contributed by atoms with Crippen LogP contribution in [0.25, 0.3) is 0 Å². The average molecular weight is 431 g/mol. The highest BCUT2D eigenvalue weighted by atomic mass is 32.2. The standard InChI is InChI=1S/C23H30N2O4S/c1-3-20(18-11-7-6-8-12-18)23(26)24-21-17-19(13-14-22(21)29-2)30(27,28)25-15-9-4-5-10-16-25/h6-8,11-14,17,20H,3-5,9-10,15-16H2,1-2H3,(H,24,26). The first kappa shape index (κ1) is 22.3. The molecular formula is C23H30N2O4S. The maximum atomic E-state index is 13.2. The van der Waals surface area contributed by atoms with Crippen LogP contribution in [0.3, 0.4) is 0 Å². The van der Waals surface area contributed by atoms with Gasteiger partial charge in [0.15, 0.2) is 0 Å². The molecule has 2 aromatic rings. The lowest BCUT2D eigenvalue weighted by atomic mass is 9.95. The van der Waals surface area contributed by atoms with Crippen molar-refractivity contribution >= 4 is 21.6 Å². The fourth-order valence-corrected chi connectivity index (χ4v) is 5.40. The first-order valence-electron chi connectivity index (χ1n) is 10.5. The Labute approximate surface area is 179 Å². The fraction of sp³-hybridized carbons (Fsp3) is 0.435. The quantitative estimate of drug-likeness (QED) is 0.707. The van der Waals surface area contributed by atoms with Crippen molar-refractivity contribution in [1.29, 1.82) is 0 Å². The van der Waals surface area contributed by atoms with Crippen molar-refractivity contribution in [1.82, 2.24) is 4.31 Å². The average Bonchev–Trinajstić information content (AvgIpc) is 3.05. The normalized spacial score (nSPS) is 16.5. The highest BCUT2D eigenvalue weighted by molar-refractivity contribution is 7.89. The van der Waals surface area contributed by atoms with Gasteiger partial charge in [-0.25, -0.2) is 8.42 Å². The Bertz CT molecular complexity index is 952. The van der Waals surface area contributed by atoms with Gasteiger partial charge >= 0.3 is 0 Å². The second-order valence-corrected chi connectivity index (χ2v) is 9.48. The fourth-order valence-electron chi connectivity index (χ4n) is 3.85. The number of carbonyl (C=O) groups excluding carboxylic acids is 1. The zero-order chi connectivity index (χ0) is 21.6. The molecule has 0 radical (unpaired) electrons. The van der Waals surface area contributed by atoms with Crippen molar-refractivity contribution in [2.24, 2.45) is 0 Å². The van der Waals surface area contributed by atoms with Crippen molar-refractivity contribution in [3.63, 3.8) is 0 Å². The molecule has 1 amide bonds. The van der Waals surface area contributed by atoms with Gasteiger partial charge in [0.2, 0.25) is 15.9 Å². The van der Waals surface area contributed by atoms with E-state index < -0.39 is 10.0 Å². The second-order valence-electron chi connectivity index (χ2n) is 7.54. The minimum absolute atomic E-state index is 0.174. The van der Waals surface area contributed by atoms with Gasteiger partial charge in [-0.3, -0.25) is 4.79 Å². The van der Waals surface area contributed by atoms with Gasteiger partial charge in [-0.2, -0.15) is 4.31 Å². The van der Waals surface area contributed by atoms with Gasteiger partial charge in [0.1, 0.15) is 5.75 Å². The summed E-state index contributed by atoms with van der Waals surface area (Å²) in [5, 5.41) is 2.89. The number of carbonyl (C=O) groups is 1. The molecule has 162 valence electrons. The van der Waals surface area contributed by atoms with Crippen LogP contribution in [0.2, 0.25) is 0 Å². The predicted octanol–water partition coefficient (Wildman–Crippen LogP) is 4.39. The summed E-state index contributed by atoms with van der Waals surface area (Å²) in [6.07, 6.45) is 4.47. The Balaban J connectivity index is 1.88. The number of hydrogen-bond donors (Lipinski definition) is 1. The zero-order valence-electron chi connectivity index (χ0n) is 17.6. The van der Waals surface area contributed by atoms with Crippen molar-refractivity contribution in [3.05, 3.63) is 54.1 Å². The molecule has 0 aromatic heterocycles. The highest BCUT2D eigenvalue weighted by Gasteiger charge is 2.27. The Morgan fingerprint density at radius 2 is 1.73 bits per heavy atom. The largest absolute Gasteiger partial charge is 0.495 e. The van der Waals surface area contributed by atoms with Crippen molar-refractivity contribution in [3.8, 4) is 5.75 Å². The number of rotatable bonds is 7. The second kappa shape index (κ2) is 10.1. The summed E-state index contributed by atoms with van der Waals surface area (Å²) in [5.74, 6) is -0.0887. The topological polar surface area (TPSA) is 75.7 Å². The van der Waals surface area contributed by atoms with Gasteiger partial charge in [0, 0.05) is 13.1 Å². The van der Waals surface area contributed by atoms with Gasteiger partial charge in [-0.1, -0.05) is 50.1 Å². The van der Waals surface area contributed by atoms with Gasteiger partial charge in [0.25, 0.3) is 0 Å². The summed E-state index contributed by atoms with van der Waals surface area (Å²) in [4.78, 5) is 13.2. The summed E-state index contributed by atoms with van der Waals surface area (Å²) in [5.41, 5.74) is 1.29. The van der Waals surface area contributed by atoms with Gasteiger partial charge < -0.3 is 10.1 Å². The molecule has 1 saturated heterocycles. The maximum absolute atomic E-state index is 13.2. The van der Waals surface area contributed by atoms with E-state index in [1.165, 1.54) is 13.2 Å². The molecule has 0 saturated carbocycles. The molecule has 6 nitrogen and oxygen atoms in total. The molecule has 0 bridgehead atoms. The summed E-state index contributed by atoms with van der Waals surface area (Å²) < 4.78 is 33.2. The minimum atomic E-state index is -3.62. The molecule has 0 spiro atoms. The number of ether oxygens (including phenoxy) is 1. The van der Waals surface area contributed by atoms with E-state index in [1.807, 2.05) is 37.3 Å². The lowest BCUT2D eigenvalue weighted by Crippen LogP contribution is -2.32. The molecule has 1 aliphatic rings. The molecule has 30 heavy (non-hydrogen) atoms. The van der Waals surface area contributed by atoms with Crippen LogP contribution in [0, 0.1) is 0 Å². The number of sulfonamides is 1. The Morgan fingerprint density at radius 1 is 1.07 bits per heavy atom. The number of nitrogens with zero attached hydrogens (tertiary/aromatic N) is 1. The van der Waals surface area contributed by atoms with Crippen molar-refractivity contribution in [2.45, 2.75) is 49.8 Å². The highest BCUT2D eigenvalue weighted by Crippen LogP contribution is 2.31. The third kappa shape index (κ3) is 5.02. The van der Waals surface area contributed by atoms with Crippen LogP contribution < -0.4 is 10.1 Å². The molecule has 1 atom stereocenters. The van der Waals surface area contributed by atoms with E-state index in [2.05, 4.69) is 5.32 Å². The number of anilines is 1. The van der Waals surface area contributed by atoms with Crippen molar-refractivity contribution in [2.75, 3.05) is 25.5 Å². The third-order valence-electron chi connectivity index (χ3n) is 5.56. The monoisotopic (exact) mass is 430 g/mol. The number of benzene rings is 2. The van der Waals surface area contributed by atoms with E-state index in [1.54, 1.807) is 16.4 Å². The van der Waals surface area contributed by atoms with Gasteiger partial charge in [-0.05, 0) is 43.0 Å². The molecule has 2 aromatic carbocycles. The Morgan fingerprint density at radius 3 is 2.33 bits per heavy atom. The molecular weight excluding hydrogens is 400 g/mol. The summed E-state index contributed by atoms with van der Waals surface area (Å²) in [6, 6.07) is 14.2. The smallest absolute Gasteiger partial charge is 0.243 e. The van der Waals surface area contributed by atoms with Crippen LogP contribution in [0.5, 0.6) is 5.75 Å². The lowest BCUT2D eigenvalue weighted by molar-refractivity contribution is -0.117. The first-order chi connectivity index (χ1) is 14.5. The maximum Gasteiger partial charge on any atom is 0.243 e. The molecule has 1 fully saturated rings. The molecule has 3 rings (SSSR count). The van der Waals surface area contributed by atoms with Crippen molar-refractivity contribution < 1.29 is 17.9 Å². The molecule has 1 N–H and O–H groups in total. The summed E-state index contributed by atoms with van der Waals surface area (Å²) in [6.45, 7) is 3.01. The van der Waals surface area contributed by atoms with E-state index in [0.717, 1.165) is 31.2 Å². The van der Waals surface area contributed by atoms with Crippen LogP contribution in [-0.4, -0.2) is 38.8 Å². The Hall–Kier alpha value is -2.38. The number of methoxy groups -OCH3 is 1. The lowest BCUT2D eigenvalue weighted by Gasteiger charge is -2.21. The molecule has 1 aliphatic heterocycles. The van der Waals surface area contributed by atoms with Gasteiger partial charge in [-0.15, -0.1) is 0 Å². The SMILES string of the molecule is CCC(C(=O)Nc1cc(S(=O)(=O)N2CCCCCC2)ccc1OC)c1ccccc1. The predicted molar refractivity (Wildman–Crippen MR) is 118 cm³/mol. The van der Waals surface area contributed by atoms with Crippen LogP contribution in [0.1, 0.15) is 50.5 Å². The van der Waals surface area contributed by atoms with Gasteiger partial charge in [0.05, 0.1) is 23.6 Å². The van der Waals surface area contributed by atoms with E-state index >= 15 is 0 Å². The molecule has 0 aliphatic carbocycles. The van der Waals surface area contributed by atoms with Crippen LogP contribution in [0.4, 0.5) is 5.69 Å². The van der Waals surface area contributed by atoms with E-state index in [9.17, 15) is 13.2 Å². The first-order valence-corrected chi connectivity index (χ1v) is 12.0.